The van der Waals surface area contributed by atoms with Gasteiger partial charge < -0.3 is 10.1 Å². The number of benzene rings is 2. The molecular weight excluding hydrogens is 358 g/mol. The molecule has 1 N–H and O–H groups in total. The number of methoxy groups -OCH3 is 1. The van der Waals surface area contributed by atoms with Gasteiger partial charge in [-0.1, -0.05) is 30.3 Å². The first kappa shape index (κ1) is 17.7. The molecule has 1 aromatic heterocycles. The second-order valence-electron chi connectivity index (χ2n) is 6.54. The van der Waals surface area contributed by atoms with Crippen LogP contribution in [0.4, 0.5) is 5.82 Å². The van der Waals surface area contributed by atoms with Crippen LogP contribution in [0.2, 0.25) is 0 Å². The second kappa shape index (κ2) is 7.48. The molecule has 0 unspecified atom stereocenters. The number of nitrogens with one attached hydrogen (secondary N) is 1. The summed E-state index contributed by atoms with van der Waals surface area (Å²) in [6.07, 6.45) is 0.290. The van der Waals surface area contributed by atoms with Gasteiger partial charge in [0, 0.05) is 17.1 Å². The summed E-state index contributed by atoms with van der Waals surface area (Å²) in [4.78, 5) is 12.7. The van der Waals surface area contributed by atoms with Crippen LogP contribution in [-0.4, -0.2) is 22.8 Å². The average Bonchev–Trinajstić information content (AvgIpc) is 3.25. The third-order valence-electron chi connectivity index (χ3n) is 4.65. The van der Waals surface area contributed by atoms with Crippen LogP contribution in [0.1, 0.15) is 22.4 Å². The van der Waals surface area contributed by atoms with Crippen molar-refractivity contribution < 1.29 is 9.53 Å². The number of para-hydroxylation sites is 1. The fourth-order valence-electron chi connectivity index (χ4n) is 3.26. The lowest BCUT2D eigenvalue weighted by Crippen LogP contribution is -2.18. The Bertz CT molecular complexity index is 997. The summed E-state index contributed by atoms with van der Waals surface area (Å²) in [6, 6.07) is 15.7. The van der Waals surface area contributed by atoms with Crippen molar-refractivity contribution in [2.45, 2.75) is 24.9 Å². The summed E-state index contributed by atoms with van der Waals surface area (Å²) in [5.74, 6) is 3.24. The van der Waals surface area contributed by atoms with Crippen molar-refractivity contribution in [3.63, 3.8) is 0 Å². The van der Waals surface area contributed by atoms with Crippen LogP contribution in [0, 0.1) is 6.92 Å². The van der Waals surface area contributed by atoms with E-state index in [0.717, 1.165) is 51.1 Å². The number of anilines is 1. The Kier molecular flexibility index (Phi) is 4.90. The molecule has 1 amide bonds. The minimum atomic E-state index is -0.0577. The monoisotopic (exact) mass is 379 g/mol. The van der Waals surface area contributed by atoms with Crippen LogP contribution in [0.3, 0.4) is 0 Å². The van der Waals surface area contributed by atoms with Gasteiger partial charge in [0.25, 0.3) is 0 Å². The van der Waals surface area contributed by atoms with Crippen LogP contribution >= 0.6 is 11.8 Å². The van der Waals surface area contributed by atoms with Crippen LogP contribution in [0.15, 0.2) is 48.5 Å². The van der Waals surface area contributed by atoms with Crippen LogP contribution < -0.4 is 10.1 Å². The van der Waals surface area contributed by atoms with Gasteiger partial charge in [-0.25, -0.2) is 4.68 Å². The zero-order valence-corrected chi connectivity index (χ0v) is 16.2. The molecule has 6 heteroatoms. The van der Waals surface area contributed by atoms with Gasteiger partial charge >= 0.3 is 0 Å². The van der Waals surface area contributed by atoms with Gasteiger partial charge in [0.1, 0.15) is 11.6 Å². The summed E-state index contributed by atoms with van der Waals surface area (Å²) >= 11 is 1.82. The molecule has 2 aromatic carbocycles. The summed E-state index contributed by atoms with van der Waals surface area (Å²) in [7, 11) is 1.63. The summed E-state index contributed by atoms with van der Waals surface area (Å²) in [6.45, 7) is 2.05. The van der Waals surface area contributed by atoms with Crippen molar-refractivity contribution in [1.29, 1.82) is 0 Å². The lowest BCUT2D eigenvalue weighted by molar-refractivity contribution is -0.115. The highest BCUT2D eigenvalue weighted by Gasteiger charge is 2.25. The fourth-order valence-corrected chi connectivity index (χ4v) is 4.30. The minimum absolute atomic E-state index is 0.0577. The van der Waals surface area contributed by atoms with E-state index in [-0.39, 0.29) is 12.3 Å². The van der Waals surface area contributed by atoms with E-state index in [4.69, 9.17) is 9.84 Å². The van der Waals surface area contributed by atoms with E-state index in [9.17, 15) is 4.79 Å². The van der Waals surface area contributed by atoms with E-state index >= 15 is 0 Å². The molecular formula is C21H21N3O2S. The number of hydrogen-bond acceptors (Lipinski definition) is 4. The first-order valence-electron chi connectivity index (χ1n) is 8.83. The molecule has 0 bridgehead atoms. The van der Waals surface area contributed by atoms with E-state index in [0.29, 0.717) is 0 Å². The predicted molar refractivity (Wildman–Crippen MR) is 109 cm³/mol. The number of hydrogen-bond donors (Lipinski definition) is 1. The van der Waals surface area contributed by atoms with Crippen molar-refractivity contribution in [3.8, 4) is 11.4 Å². The van der Waals surface area contributed by atoms with Crippen LogP contribution in [0.25, 0.3) is 5.69 Å². The molecule has 4 rings (SSSR count). The van der Waals surface area contributed by atoms with Gasteiger partial charge in [0.05, 0.1) is 24.9 Å². The van der Waals surface area contributed by atoms with Gasteiger partial charge in [-0.3, -0.25) is 4.79 Å². The predicted octanol–water partition coefficient (Wildman–Crippen LogP) is 4.12. The molecule has 0 atom stereocenters. The smallest absolute Gasteiger partial charge is 0.229 e. The fraction of sp³-hybridized carbons (Fsp3) is 0.238. The number of aromatic nitrogens is 2. The molecule has 138 valence electrons. The Hall–Kier alpha value is -2.73. The number of amides is 1. The highest BCUT2D eigenvalue weighted by Crippen LogP contribution is 2.36. The molecule has 0 fully saturated rings. The van der Waals surface area contributed by atoms with Gasteiger partial charge in [0.15, 0.2) is 0 Å². The van der Waals surface area contributed by atoms with Crippen molar-refractivity contribution >= 4 is 23.5 Å². The van der Waals surface area contributed by atoms with E-state index in [1.807, 2.05) is 58.9 Å². The highest BCUT2D eigenvalue weighted by molar-refractivity contribution is 7.98. The quantitative estimate of drug-likeness (QED) is 0.725. The largest absolute Gasteiger partial charge is 0.497 e. The van der Waals surface area contributed by atoms with Gasteiger partial charge in [-0.05, 0) is 36.2 Å². The summed E-state index contributed by atoms with van der Waals surface area (Å²) in [5, 5.41) is 7.88. The molecule has 0 saturated carbocycles. The van der Waals surface area contributed by atoms with Crippen molar-refractivity contribution in [2.75, 3.05) is 12.4 Å². The Labute approximate surface area is 162 Å². The maximum absolute atomic E-state index is 12.7. The molecule has 1 aliphatic rings. The number of rotatable bonds is 5. The molecule has 27 heavy (non-hydrogen) atoms. The number of ether oxygens (including phenoxy) is 1. The Balaban J connectivity index is 1.63. The molecule has 2 heterocycles. The molecule has 3 aromatic rings. The maximum atomic E-state index is 12.7. The van der Waals surface area contributed by atoms with Crippen molar-refractivity contribution in [3.05, 3.63) is 70.9 Å². The van der Waals surface area contributed by atoms with Crippen molar-refractivity contribution in [2.24, 2.45) is 0 Å². The Morgan fingerprint density at radius 1 is 1.22 bits per heavy atom. The summed E-state index contributed by atoms with van der Waals surface area (Å²) in [5.41, 5.74) is 5.21. The van der Waals surface area contributed by atoms with Crippen LogP contribution in [0.5, 0.6) is 5.75 Å². The maximum Gasteiger partial charge on any atom is 0.229 e. The molecule has 0 saturated heterocycles. The average molecular weight is 379 g/mol. The Morgan fingerprint density at radius 3 is 2.89 bits per heavy atom. The van der Waals surface area contributed by atoms with Gasteiger partial charge in [0.2, 0.25) is 5.91 Å². The zero-order chi connectivity index (χ0) is 18.8. The van der Waals surface area contributed by atoms with Crippen molar-refractivity contribution in [1.82, 2.24) is 9.78 Å². The first-order valence-corrected chi connectivity index (χ1v) is 9.98. The lowest BCUT2D eigenvalue weighted by atomic mass is 10.1. The summed E-state index contributed by atoms with van der Waals surface area (Å²) < 4.78 is 7.12. The lowest BCUT2D eigenvalue weighted by Gasteiger charge is -2.13. The third-order valence-corrected chi connectivity index (χ3v) is 5.62. The Morgan fingerprint density at radius 2 is 2.07 bits per heavy atom. The van der Waals surface area contributed by atoms with Crippen LogP contribution in [-0.2, 0) is 22.7 Å². The second-order valence-corrected chi connectivity index (χ2v) is 7.53. The normalized spacial score (nSPS) is 12.7. The molecule has 5 nitrogen and oxygen atoms in total. The zero-order valence-electron chi connectivity index (χ0n) is 15.4. The number of fused-ring (bicyclic) bond motifs is 1. The standard InChI is InChI=1S/C21H21N3O2S/c1-14-6-3-4-9-19(14)24-21(17-12-27-13-18(17)23-24)22-20(25)11-15-7-5-8-16(10-15)26-2/h3-10H,11-13H2,1-2H3,(H,22,25). The van der Waals surface area contributed by atoms with E-state index < -0.39 is 0 Å². The molecule has 0 aliphatic carbocycles. The topological polar surface area (TPSA) is 56.1 Å². The number of nitrogens with zero attached hydrogens (tertiary/aromatic N) is 2. The third kappa shape index (κ3) is 3.57. The molecule has 0 spiro atoms. The van der Waals surface area contributed by atoms with Gasteiger partial charge in [-0.15, -0.1) is 0 Å². The molecule has 0 radical (unpaired) electrons. The number of thioether (sulfide) groups is 1. The first-order chi connectivity index (χ1) is 13.2. The SMILES string of the molecule is COc1cccc(CC(=O)Nc2c3c(nn2-c2ccccc2C)CSC3)c1. The highest BCUT2D eigenvalue weighted by atomic mass is 32.2. The van der Waals surface area contributed by atoms with E-state index in [1.54, 1.807) is 7.11 Å². The molecule has 1 aliphatic heterocycles. The van der Waals surface area contributed by atoms with E-state index in [1.165, 1.54) is 0 Å². The number of aryl methyl sites for hydroxylation is 1. The van der Waals surface area contributed by atoms with E-state index in [2.05, 4.69) is 18.3 Å². The number of carbonyl (C=O) groups is 1. The van der Waals surface area contributed by atoms with Gasteiger partial charge in [-0.2, -0.15) is 16.9 Å². The minimum Gasteiger partial charge on any atom is -0.497 e. The number of carbonyl (C=O) groups excluding carboxylic acids is 1.